The summed E-state index contributed by atoms with van der Waals surface area (Å²) < 4.78 is 5.86. The third-order valence-corrected chi connectivity index (χ3v) is 4.81. The summed E-state index contributed by atoms with van der Waals surface area (Å²) in [7, 11) is 0. The topological polar surface area (TPSA) is 80.3 Å². The Kier molecular flexibility index (Phi) is 5.63. The number of fused-ring (bicyclic) bond motifs is 1. The summed E-state index contributed by atoms with van der Waals surface area (Å²) in [5, 5.41) is 5.73. The number of carbonyl (C=O) groups excluding carboxylic acids is 2. The smallest absolute Gasteiger partial charge is 0.257 e. The molecule has 3 aromatic rings. The van der Waals surface area contributed by atoms with Gasteiger partial charge >= 0.3 is 0 Å². The zero-order chi connectivity index (χ0) is 20.1. The first-order valence-corrected chi connectivity index (χ1v) is 9.46. The monoisotopic (exact) mass is 387 g/mol. The molecule has 0 fully saturated rings. The molecule has 1 aliphatic heterocycles. The number of aromatic nitrogens is 1. The molecule has 4 rings (SSSR count). The number of benzene rings is 2. The van der Waals surface area contributed by atoms with E-state index in [9.17, 15) is 9.59 Å². The lowest BCUT2D eigenvalue weighted by Crippen LogP contribution is -2.25. The fraction of sp³-hybridized carbons (Fsp3) is 0.174. The number of hydrogen-bond donors (Lipinski definition) is 2. The van der Waals surface area contributed by atoms with Crippen molar-refractivity contribution < 1.29 is 14.3 Å². The van der Waals surface area contributed by atoms with Crippen molar-refractivity contribution in [2.75, 3.05) is 17.2 Å². The van der Waals surface area contributed by atoms with Crippen molar-refractivity contribution in [1.82, 2.24) is 4.98 Å². The van der Waals surface area contributed by atoms with Gasteiger partial charge in [-0.2, -0.15) is 0 Å². The van der Waals surface area contributed by atoms with Crippen molar-refractivity contribution in [1.29, 1.82) is 0 Å². The second-order valence-corrected chi connectivity index (χ2v) is 6.95. The SMILES string of the molecule is O=C1C[C@H](COCc2ccccc2)c2ccc(NC(=O)c3cccnc3)cc2N1. The van der Waals surface area contributed by atoms with E-state index in [2.05, 4.69) is 15.6 Å². The third-order valence-electron chi connectivity index (χ3n) is 4.81. The molecular formula is C23H21N3O3. The predicted octanol–water partition coefficient (Wildman–Crippen LogP) is 3.98. The van der Waals surface area contributed by atoms with E-state index in [0.717, 1.165) is 11.1 Å². The average Bonchev–Trinajstić information content (AvgIpc) is 2.74. The lowest BCUT2D eigenvalue weighted by molar-refractivity contribution is -0.117. The normalized spacial score (nSPS) is 15.3. The molecule has 6 heteroatoms. The molecule has 0 bridgehead atoms. The number of nitrogens with one attached hydrogen (secondary N) is 2. The second-order valence-electron chi connectivity index (χ2n) is 6.95. The lowest BCUT2D eigenvalue weighted by Gasteiger charge is -2.26. The Morgan fingerprint density at radius 2 is 2.00 bits per heavy atom. The van der Waals surface area contributed by atoms with Crippen LogP contribution in [0.15, 0.2) is 73.1 Å². The van der Waals surface area contributed by atoms with E-state index < -0.39 is 0 Å². The molecule has 0 spiro atoms. The second kappa shape index (κ2) is 8.67. The van der Waals surface area contributed by atoms with Gasteiger partial charge in [-0.3, -0.25) is 14.6 Å². The van der Waals surface area contributed by atoms with Gasteiger partial charge in [-0.05, 0) is 35.4 Å². The molecule has 0 unspecified atom stereocenters. The van der Waals surface area contributed by atoms with Gasteiger partial charge < -0.3 is 15.4 Å². The van der Waals surface area contributed by atoms with Gasteiger partial charge in [-0.15, -0.1) is 0 Å². The van der Waals surface area contributed by atoms with E-state index in [4.69, 9.17) is 4.74 Å². The van der Waals surface area contributed by atoms with Crippen molar-refractivity contribution in [3.05, 3.63) is 89.7 Å². The highest BCUT2D eigenvalue weighted by atomic mass is 16.5. The van der Waals surface area contributed by atoms with Gasteiger partial charge in [-0.25, -0.2) is 0 Å². The highest BCUT2D eigenvalue weighted by molar-refractivity contribution is 6.04. The van der Waals surface area contributed by atoms with E-state index in [1.807, 2.05) is 42.5 Å². The van der Waals surface area contributed by atoms with Gasteiger partial charge in [0.15, 0.2) is 0 Å². The van der Waals surface area contributed by atoms with Crippen molar-refractivity contribution in [2.45, 2.75) is 18.9 Å². The van der Waals surface area contributed by atoms with Crippen LogP contribution in [0.25, 0.3) is 0 Å². The predicted molar refractivity (Wildman–Crippen MR) is 111 cm³/mol. The number of carbonyl (C=O) groups is 2. The Bertz CT molecular complexity index is 1010. The number of rotatable bonds is 6. The molecule has 2 amide bonds. The summed E-state index contributed by atoms with van der Waals surface area (Å²) >= 11 is 0. The quantitative estimate of drug-likeness (QED) is 0.671. The summed E-state index contributed by atoms with van der Waals surface area (Å²) in [6.45, 7) is 0.963. The van der Waals surface area contributed by atoms with Gasteiger partial charge in [0, 0.05) is 36.1 Å². The maximum atomic E-state index is 12.3. The van der Waals surface area contributed by atoms with Crippen molar-refractivity contribution in [3.63, 3.8) is 0 Å². The number of nitrogens with zero attached hydrogens (tertiary/aromatic N) is 1. The number of amides is 2. The Morgan fingerprint density at radius 1 is 1.14 bits per heavy atom. The standard InChI is InChI=1S/C23H21N3O3/c27-22-11-18(15-29-14-16-5-2-1-3-6-16)20-9-8-19(12-21(20)26-22)25-23(28)17-7-4-10-24-13-17/h1-10,12-13,18H,11,14-15H2,(H,25,28)(H,26,27)/t18-/m1/s1. The molecular weight excluding hydrogens is 366 g/mol. The first kappa shape index (κ1) is 18.8. The Labute approximate surface area is 168 Å². The zero-order valence-electron chi connectivity index (χ0n) is 15.8. The molecule has 2 aromatic carbocycles. The summed E-state index contributed by atoms with van der Waals surface area (Å²) in [6.07, 6.45) is 3.50. The van der Waals surface area contributed by atoms with Crippen LogP contribution < -0.4 is 10.6 Å². The largest absolute Gasteiger partial charge is 0.376 e. The number of ether oxygens (including phenoxy) is 1. The fourth-order valence-corrected chi connectivity index (χ4v) is 3.38. The number of anilines is 2. The van der Waals surface area contributed by atoms with Crippen LogP contribution in [0.3, 0.4) is 0 Å². The van der Waals surface area contributed by atoms with Crippen molar-refractivity contribution in [2.24, 2.45) is 0 Å². The van der Waals surface area contributed by atoms with E-state index >= 15 is 0 Å². The maximum absolute atomic E-state index is 12.3. The van der Waals surface area contributed by atoms with Crippen LogP contribution in [-0.2, 0) is 16.1 Å². The molecule has 2 heterocycles. The first-order chi connectivity index (χ1) is 14.2. The summed E-state index contributed by atoms with van der Waals surface area (Å²) in [5.74, 6) is -0.324. The minimum absolute atomic E-state index is 0.0227. The van der Waals surface area contributed by atoms with Gasteiger partial charge in [0.25, 0.3) is 5.91 Å². The molecule has 2 N–H and O–H groups in total. The van der Waals surface area contributed by atoms with Crippen molar-refractivity contribution >= 4 is 23.2 Å². The highest BCUT2D eigenvalue weighted by Crippen LogP contribution is 2.34. The Balaban J connectivity index is 1.44. The summed E-state index contributed by atoms with van der Waals surface area (Å²) in [6, 6.07) is 18.9. The Hall–Kier alpha value is -3.51. The van der Waals surface area contributed by atoms with E-state index in [-0.39, 0.29) is 17.7 Å². The maximum Gasteiger partial charge on any atom is 0.257 e. The minimum atomic E-state index is -0.247. The van der Waals surface area contributed by atoms with Gasteiger partial charge in [0.1, 0.15) is 0 Å². The van der Waals surface area contributed by atoms with Gasteiger partial charge in [-0.1, -0.05) is 36.4 Å². The highest BCUT2D eigenvalue weighted by Gasteiger charge is 2.25. The van der Waals surface area contributed by atoms with Crippen LogP contribution in [0.2, 0.25) is 0 Å². The van der Waals surface area contributed by atoms with Crippen LogP contribution >= 0.6 is 0 Å². The first-order valence-electron chi connectivity index (χ1n) is 9.46. The van der Waals surface area contributed by atoms with Crippen LogP contribution in [0.1, 0.15) is 33.8 Å². The van der Waals surface area contributed by atoms with Crippen LogP contribution in [0.4, 0.5) is 11.4 Å². The van der Waals surface area contributed by atoms with Gasteiger partial charge in [0.2, 0.25) is 5.91 Å². The summed E-state index contributed by atoms with van der Waals surface area (Å²) in [4.78, 5) is 28.4. The van der Waals surface area contributed by atoms with Gasteiger partial charge in [0.05, 0.1) is 18.8 Å². The molecule has 0 saturated carbocycles. The number of hydrogen-bond acceptors (Lipinski definition) is 4. The molecule has 6 nitrogen and oxygen atoms in total. The molecule has 0 radical (unpaired) electrons. The van der Waals surface area contributed by atoms with Crippen LogP contribution in [0.5, 0.6) is 0 Å². The molecule has 29 heavy (non-hydrogen) atoms. The summed E-state index contributed by atoms with van der Waals surface area (Å²) in [5.41, 5.74) is 3.90. The molecule has 1 atom stereocenters. The Morgan fingerprint density at radius 3 is 2.79 bits per heavy atom. The van der Waals surface area contributed by atoms with E-state index in [0.29, 0.717) is 36.6 Å². The third kappa shape index (κ3) is 4.67. The molecule has 0 aliphatic carbocycles. The average molecular weight is 387 g/mol. The molecule has 146 valence electrons. The van der Waals surface area contributed by atoms with Crippen LogP contribution in [0, 0.1) is 0 Å². The number of pyridine rings is 1. The van der Waals surface area contributed by atoms with Crippen molar-refractivity contribution in [3.8, 4) is 0 Å². The zero-order valence-corrected chi connectivity index (χ0v) is 15.8. The van der Waals surface area contributed by atoms with E-state index in [1.54, 1.807) is 24.4 Å². The fourth-order valence-electron chi connectivity index (χ4n) is 3.38. The van der Waals surface area contributed by atoms with E-state index in [1.165, 1.54) is 6.20 Å². The minimum Gasteiger partial charge on any atom is -0.376 e. The molecule has 1 aliphatic rings. The lowest BCUT2D eigenvalue weighted by atomic mass is 9.91. The van der Waals surface area contributed by atoms with Crippen LogP contribution in [-0.4, -0.2) is 23.4 Å². The molecule has 0 saturated heterocycles. The molecule has 1 aromatic heterocycles.